The van der Waals surface area contributed by atoms with Gasteiger partial charge in [0, 0.05) is 24.7 Å². The van der Waals surface area contributed by atoms with E-state index >= 15 is 0 Å². The number of hydrogen-bond donors (Lipinski definition) is 1. The Bertz CT molecular complexity index is 676. The lowest BCUT2D eigenvalue weighted by molar-refractivity contribution is 0.582. The fourth-order valence-electron chi connectivity index (χ4n) is 1.98. The molecule has 1 N–H and O–H groups in total. The molecule has 0 saturated heterocycles. The Morgan fingerprint density at radius 2 is 1.95 bits per heavy atom. The molecule has 0 aliphatic heterocycles. The SMILES string of the molecule is CC(C)S(=O)(=O)CCNCc1cccc2cccnc12. The summed E-state index contributed by atoms with van der Waals surface area (Å²) in [7, 11) is -2.97. The van der Waals surface area contributed by atoms with Crippen molar-refractivity contribution in [2.45, 2.75) is 25.6 Å². The van der Waals surface area contributed by atoms with Gasteiger partial charge in [-0.05, 0) is 25.5 Å². The number of benzene rings is 1. The Labute approximate surface area is 120 Å². The van der Waals surface area contributed by atoms with E-state index in [0.717, 1.165) is 16.5 Å². The van der Waals surface area contributed by atoms with Crippen molar-refractivity contribution < 1.29 is 8.42 Å². The molecule has 2 aromatic rings. The molecule has 0 aliphatic rings. The van der Waals surface area contributed by atoms with Crippen LogP contribution in [0.4, 0.5) is 0 Å². The lowest BCUT2D eigenvalue weighted by Crippen LogP contribution is -2.27. The fraction of sp³-hybridized carbons (Fsp3) is 0.400. The highest BCUT2D eigenvalue weighted by Gasteiger charge is 2.14. The molecule has 0 radical (unpaired) electrons. The van der Waals surface area contributed by atoms with E-state index in [2.05, 4.69) is 10.3 Å². The number of pyridine rings is 1. The van der Waals surface area contributed by atoms with Gasteiger partial charge in [0.15, 0.2) is 9.84 Å². The minimum absolute atomic E-state index is 0.170. The number of hydrogen-bond acceptors (Lipinski definition) is 4. The average Bonchev–Trinajstić information content (AvgIpc) is 2.43. The van der Waals surface area contributed by atoms with Crippen LogP contribution in [0.25, 0.3) is 10.9 Å². The molecular weight excluding hydrogens is 272 g/mol. The largest absolute Gasteiger partial charge is 0.312 e. The summed E-state index contributed by atoms with van der Waals surface area (Å²) in [6.45, 7) is 4.51. The maximum absolute atomic E-state index is 11.7. The first-order chi connectivity index (χ1) is 9.50. The number of aromatic nitrogens is 1. The monoisotopic (exact) mass is 292 g/mol. The Morgan fingerprint density at radius 3 is 2.70 bits per heavy atom. The molecule has 0 unspecified atom stereocenters. The van der Waals surface area contributed by atoms with Gasteiger partial charge in [0.1, 0.15) is 0 Å². The first kappa shape index (κ1) is 14.9. The number of sulfone groups is 1. The van der Waals surface area contributed by atoms with Crippen LogP contribution in [-0.2, 0) is 16.4 Å². The van der Waals surface area contributed by atoms with Gasteiger partial charge in [-0.3, -0.25) is 4.98 Å². The van der Waals surface area contributed by atoms with Crippen molar-refractivity contribution in [3.05, 3.63) is 42.1 Å². The molecule has 0 fully saturated rings. The summed E-state index contributed by atoms with van der Waals surface area (Å²) in [4.78, 5) is 4.38. The van der Waals surface area contributed by atoms with Crippen LogP contribution in [0.2, 0.25) is 0 Å². The van der Waals surface area contributed by atoms with Crippen LogP contribution in [0.15, 0.2) is 36.5 Å². The Balaban J connectivity index is 1.97. The number of para-hydroxylation sites is 1. The average molecular weight is 292 g/mol. The fourth-order valence-corrected chi connectivity index (χ4v) is 2.88. The van der Waals surface area contributed by atoms with Gasteiger partial charge in [0.25, 0.3) is 0 Å². The van der Waals surface area contributed by atoms with Gasteiger partial charge in [-0.2, -0.15) is 0 Å². The predicted octanol–water partition coefficient (Wildman–Crippen LogP) is 2.15. The third-order valence-electron chi connectivity index (χ3n) is 3.31. The Hall–Kier alpha value is -1.46. The topological polar surface area (TPSA) is 59.1 Å². The van der Waals surface area contributed by atoms with Gasteiger partial charge in [-0.15, -0.1) is 0 Å². The molecule has 4 nitrogen and oxygen atoms in total. The summed E-state index contributed by atoms with van der Waals surface area (Å²) in [6, 6.07) is 9.96. The molecule has 108 valence electrons. The number of nitrogens with one attached hydrogen (secondary N) is 1. The van der Waals surface area contributed by atoms with Gasteiger partial charge in [0.05, 0.1) is 16.5 Å². The molecule has 0 amide bonds. The second-order valence-electron chi connectivity index (χ2n) is 5.08. The minimum Gasteiger partial charge on any atom is -0.312 e. The predicted molar refractivity (Wildman–Crippen MR) is 82.4 cm³/mol. The molecular formula is C15H20N2O2S. The normalized spacial score (nSPS) is 12.2. The maximum atomic E-state index is 11.7. The van der Waals surface area contributed by atoms with Gasteiger partial charge in [-0.25, -0.2) is 8.42 Å². The van der Waals surface area contributed by atoms with Crippen LogP contribution in [0, 0.1) is 0 Å². The highest BCUT2D eigenvalue weighted by Crippen LogP contribution is 2.15. The third kappa shape index (κ3) is 3.55. The first-order valence-electron chi connectivity index (χ1n) is 6.75. The quantitative estimate of drug-likeness (QED) is 0.829. The van der Waals surface area contributed by atoms with Crippen molar-refractivity contribution in [1.29, 1.82) is 0 Å². The zero-order chi connectivity index (χ0) is 14.6. The molecule has 0 bridgehead atoms. The van der Waals surface area contributed by atoms with Gasteiger partial charge >= 0.3 is 0 Å². The van der Waals surface area contributed by atoms with E-state index in [1.807, 2.05) is 30.3 Å². The molecule has 0 saturated carbocycles. The molecule has 1 aromatic carbocycles. The van der Waals surface area contributed by atoms with E-state index < -0.39 is 9.84 Å². The van der Waals surface area contributed by atoms with Crippen molar-refractivity contribution in [1.82, 2.24) is 10.3 Å². The van der Waals surface area contributed by atoms with E-state index in [4.69, 9.17) is 0 Å². The standard InChI is InChI=1S/C15H20N2O2S/c1-12(2)20(18,19)10-9-16-11-14-6-3-5-13-7-4-8-17-15(13)14/h3-8,12,16H,9-11H2,1-2H3. The molecule has 0 atom stereocenters. The molecule has 0 aliphatic carbocycles. The van der Waals surface area contributed by atoms with Crippen molar-refractivity contribution in [2.75, 3.05) is 12.3 Å². The maximum Gasteiger partial charge on any atom is 0.153 e. The van der Waals surface area contributed by atoms with Crippen LogP contribution in [0.1, 0.15) is 19.4 Å². The highest BCUT2D eigenvalue weighted by molar-refractivity contribution is 7.92. The van der Waals surface area contributed by atoms with Crippen LogP contribution in [0.5, 0.6) is 0 Å². The summed E-state index contributed by atoms with van der Waals surface area (Å²) in [5, 5.41) is 3.97. The highest BCUT2D eigenvalue weighted by atomic mass is 32.2. The smallest absolute Gasteiger partial charge is 0.153 e. The number of fused-ring (bicyclic) bond motifs is 1. The molecule has 20 heavy (non-hydrogen) atoms. The number of nitrogens with zero attached hydrogens (tertiary/aromatic N) is 1. The van der Waals surface area contributed by atoms with Crippen LogP contribution < -0.4 is 5.32 Å². The van der Waals surface area contributed by atoms with E-state index in [-0.39, 0.29) is 11.0 Å². The van der Waals surface area contributed by atoms with E-state index in [1.165, 1.54) is 0 Å². The Kier molecular flexibility index (Phi) is 4.73. The summed E-state index contributed by atoms with van der Waals surface area (Å²) in [6.07, 6.45) is 1.77. The first-order valence-corrected chi connectivity index (χ1v) is 8.47. The number of rotatable bonds is 6. The second-order valence-corrected chi connectivity index (χ2v) is 7.76. The van der Waals surface area contributed by atoms with Gasteiger partial charge < -0.3 is 5.32 Å². The molecule has 0 spiro atoms. The zero-order valence-corrected chi connectivity index (χ0v) is 12.7. The van der Waals surface area contributed by atoms with Crippen molar-refractivity contribution in [3.63, 3.8) is 0 Å². The van der Waals surface area contributed by atoms with E-state index in [9.17, 15) is 8.42 Å². The lowest BCUT2D eigenvalue weighted by Gasteiger charge is -2.09. The molecule has 1 aromatic heterocycles. The molecule has 5 heteroatoms. The van der Waals surface area contributed by atoms with Crippen LogP contribution in [0.3, 0.4) is 0 Å². The summed E-state index contributed by atoms with van der Waals surface area (Å²) < 4.78 is 23.4. The second kappa shape index (κ2) is 6.33. The van der Waals surface area contributed by atoms with Crippen molar-refractivity contribution in [2.24, 2.45) is 0 Å². The summed E-state index contributed by atoms with van der Waals surface area (Å²) in [5.74, 6) is 0.170. The Morgan fingerprint density at radius 1 is 1.20 bits per heavy atom. The van der Waals surface area contributed by atoms with E-state index in [1.54, 1.807) is 20.0 Å². The van der Waals surface area contributed by atoms with Crippen LogP contribution >= 0.6 is 0 Å². The zero-order valence-electron chi connectivity index (χ0n) is 11.8. The summed E-state index contributed by atoms with van der Waals surface area (Å²) in [5.41, 5.74) is 2.05. The molecule has 2 rings (SSSR count). The summed E-state index contributed by atoms with van der Waals surface area (Å²) >= 11 is 0. The minimum atomic E-state index is -2.97. The molecule has 1 heterocycles. The van der Waals surface area contributed by atoms with Crippen molar-refractivity contribution in [3.8, 4) is 0 Å². The van der Waals surface area contributed by atoms with Gasteiger partial charge in [-0.1, -0.05) is 24.3 Å². The van der Waals surface area contributed by atoms with Crippen LogP contribution in [-0.4, -0.2) is 30.9 Å². The van der Waals surface area contributed by atoms with E-state index in [0.29, 0.717) is 13.1 Å². The lowest BCUT2D eigenvalue weighted by atomic mass is 10.1. The van der Waals surface area contributed by atoms with Gasteiger partial charge in [0.2, 0.25) is 0 Å². The van der Waals surface area contributed by atoms with Crippen molar-refractivity contribution >= 4 is 20.7 Å². The third-order valence-corrected chi connectivity index (χ3v) is 5.52.